The van der Waals surface area contributed by atoms with Crippen molar-refractivity contribution < 1.29 is 0 Å². The standard InChI is InChI=1S/C10H21N/c1-4-10(5-2)7-6-9(8-10)11-3/h9,11H,4-8H2,1-3H3. The van der Waals surface area contributed by atoms with Crippen molar-refractivity contribution in [2.75, 3.05) is 7.05 Å². The third-order valence-corrected chi connectivity index (χ3v) is 3.61. The second-order valence-corrected chi connectivity index (χ2v) is 3.94. The highest BCUT2D eigenvalue weighted by atomic mass is 14.9. The van der Waals surface area contributed by atoms with Gasteiger partial charge in [-0.05, 0) is 31.7 Å². The molecule has 0 spiro atoms. The second-order valence-electron chi connectivity index (χ2n) is 3.94. The Balaban J connectivity index is 2.48. The van der Waals surface area contributed by atoms with E-state index in [9.17, 15) is 0 Å². The first kappa shape index (κ1) is 9.05. The van der Waals surface area contributed by atoms with Gasteiger partial charge in [-0.1, -0.05) is 26.7 Å². The van der Waals surface area contributed by atoms with Crippen LogP contribution in [0.4, 0.5) is 0 Å². The van der Waals surface area contributed by atoms with Crippen molar-refractivity contribution in [3.05, 3.63) is 0 Å². The zero-order chi connectivity index (χ0) is 8.32. The molecule has 0 amide bonds. The normalized spacial score (nSPS) is 29.2. The van der Waals surface area contributed by atoms with Gasteiger partial charge in [0.05, 0.1) is 0 Å². The number of hydrogen-bond donors (Lipinski definition) is 1. The summed E-state index contributed by atoms with van der Waals surface area (Å²) in [4.78, 5) is 0. The fourth-order valence-corrected chi connectivity index (χ4v) is 2.35. The highest BCUT2D eigenvalue weighted by molar-refractivity contribution is 4.89. The largest absolute Gasteiger partial charge is 0.317 e. The van der Waals surface area contributed by atoms with Crippen LogP contribution in [0.1, 0.15) is 46.0 Å². The van der Waals surface area contributed by atoms with Crippen molar-refractivity contribution in [1.82, 2.24) is 5.32 Å². The molecule has 1 rings (SSSR count). The maximum Gasteiger partial charge on any atom is 0.00695 e. The minimum atomic E-state index is 0.688. The van der Waals surface area contributed by atoms with E-state index in [4.69, 9.17) is 0 Å². The second kappa shape index (κ2) is 3.57. The lowest BCUT2D eigenvalue weighted by atomic mass is 9.81. The Hall–Kier alpha value is -0.0400. The molecular weight excluding hydrogens is 134 g/mol. The van der Waals surface area contributed by atoms with Crippen LogP contribution in [0.5, 0.6) is 0 Å². The number of hydrogen-bond acceptors (Lipinski definition) is 1. The van der Waals surface area contributed by atoms with Gasteiger partial charge in [0.1, 0.15) is 0 Å². The molecule has 0 aromatic carbocycles. The van der Waals surface area contributed by atoms with Crippen LogP contribution >= 0.6 is 0 Å². The van der Waals surface area contributed by atoms with E-state index >= 15 is 0 Å². The van der Waals surface area contributed by atoms with Gasteiger partial charge in [-0.2, -0.15) is 0 Å². The zero-order valence-electron chi connectivity index (χ0n) is 8.11. The van der Waals surface area contributed by atoms with Crippen molar-refractivity contribution in [3.63, 3.8) is 0 Å². The van der Waals surface area contributed by atoms with Crippen molar-refractivity contribution in [2.24, 2.45) is 5.41 Å². The van der Waals surface area contributed by atoms with Crippen molar-refractivity contribution in [3.8, 4) is 0 Å². The van der Waals surface area contributed by atoms with Crippen LogP contribution in [-0.4, -0.2) is 13.1 Å². The first-order valence-corrected chi connectivity index (χ1v) is 4.93. The van der Waals surface area contributed by atoms with Crippen LogP contribution in [-0.2, 0) is 0 Å². The average molecular weight is 155 g/mol. The number of nitrogens with one attached hydrogen (secondary N) is 1. The van der Waals surface area contributed by atoms with Crippen LogP contribution in [0.15, 0.2) is 0 Å². The fourth-order valence-electron chi connectivity index (χ4n) is 2.35. The topological polar surface area (TPSA) is 12.0 Å². The summed E-state index contributed by atoms with van der Waals surface area (Å²) in [5, 5.41) is 3.39. The zero-order valence-corrected chi connectivity index (χ0v) is 8.11. The molecule has 0 saturated heterocycles. The molecule has 11 heavy (non-hydrogen) atoms. The fraction of sp³-hybridized carbons (Fsp3) is 1.00. The quantitative estimate of drug-likeness (QED) is 0.660. The summed E-state index contributed by atoms with van der Waals surface area (Å²) >= 11 is 0. The molecule has 1 unspecified atom stereocenters. The predicted molar refractivity (Wildman–Crippen MR) is 49.7 cm³/mol. The van der Waals surface area contributed by atoms with E-state index in [2.05, 4.69) is 26.2 Å². The van der Waals surface area contributed by atoms with Crippen molar-refractivity contribution >= 4 is 0 Å². The minimum absolute atomic E-state index is 0.688. The molecule has 0 aromatic rings. The van der Waals surface area contributed by atoms with Gasteiger partial charge in [0.15, 0.2) is 0 Å². The molecule has 1 aliphatic carbocycles. The minimum Gasteiger partial charge on any atom is -0.317 e. The van der Waals surface area contributed by atoms with Gasteiger partial charge in [0.25, 0.3) is 0 Å². The molecular formula is C10H21N. The summed E-state index contributed by atoms with van der Waals surface area (Å²) in [6.07, 6.45) is 6.95. The maximum absolute atomic E-state index is 3.39. The highest BCUT2D eigenvalue weighted by Crippen LogP contribution is 2.43. The van der Waals surface area contributed by atoms with Crippen molar-refractivity contribution in [1.29, 1.82) is 0 Å². The van der Waals surface area contributed by atoms with Crippen LogP contribution in [0.3, 0.4) is 0 Å². The van der Waals surface area contributed by atoms with Gasteiger partial charge in [-0.3, -0.25) is 0 Å². The summed E-state index contributed by atoms with van der Waals surface area (Å²) in [5.41, 5.74) is 0.688. The van der Waals surface area contributed by atoms with E-state index in [1.165, 1.54) is 32.1 Å². The molecule has 0 aromatic heterocycles. The Morgan fingerprint density at radius 3 is 2.27 bits per heavy atom. The molecule has 1 saturated carbocycles. The lowest BCUT2D eigenvalue weighted by molar-refractivity contribution is 0.265. The predicted octanol–water partition coefficient (Wildman–Crippen LogP) is 2.56. The van der Waals surface area contributed by atoms with E-state index in [1.807, 2.05) is 0 Å². The lowest BCUT2D eigenvalue weighted by Crippen LogP contribution is -2.24. The van der Waals surface area contributed by atoms with Gasteiger partial charge in [0.2, 0.25) is 0 Å². The third kappa shape index (κ3) is 1.76. The van der Waals surface area contributed by atoms with Gasteiger partial charge >= 0.3 is 0 Å². The monoisotopic (exact) mass is 155 g/mol. The smallest absolute Gasteiger partial charge is 0.00695 e. The molecule has 0 bridgehead atoms. The summed E-state index contributed by atoms with van der Waals surface area (Å²) in [6, 6.07) is 0.801. The molecule has 1 aliphatic rings. The Morgan fingerprint density at radius 2 is 2.00 bits per heavy atom. The molecule has 0 heterocycles. The number of rotatable bonds is 3. The Morgan fingerprint density at radius 1 is 1.36 bits per heavy atom. The van der Waals surface area contributed by atoms with Gasteiger partial charge in [0, 0.05) is 6.04 Å². The summed E-state index contributed by atoms with van der Waals surface area (Å²) in [7, 11) is 2.09. The molecule has 1 fully saturated rings. The maximum atomic E-state index is 3.39. The molecule has 1 atom stereocenters. The first-order valence-electron chi connectivity index (χ1n) is 4.93. The van der Waals surface area contributed by atoms with E-state index in [-0.39, 0.29) is 0 Å². The van der Waals surface area contributed by atoms with E-state index in [1.54, 1.807) is 0 Å². The van der Waals surface area contributed by atoms with Crippen LogP contribution < -0.4 is 5.32 Å². The van der Waals surface area contributed by atoms with Gasteiger partial charge in [-0.15, -0.1) is 0 Å². The van der Waals surface area contributed by atoms with Gasteiger partial charge < -0.3 is 5.32 Å². The van der Waals surface area contributed by atoms with Crippen LogP contribution in [0.25, 0.3) is 0 Å². The third-order valence-electron chi connectivity index (χ3n) is 3.61. The SMILES string of the molecule is CCC1(CC)CCC(NC)C1. The summed E-state index contributed by atoms with van der Waals surface area (Å²) in [6.45, 7) is 4.67. The molecule has 1 heteroatoms. The molecule has 66 valence electrons. The molecule has 0 radical (unpaired) electrons. The first-order chi connectivity index (χ1) is 5.26. The lowest BCUT2D eigenvalue weighted by Gasteiger charge is -2.25. The molecule has 0 aliphatic heterocycles. The Kier molecular flexibility index (Phi) is 2.94. The van der Waals surface area contributed by atoms with E-state index in [0.717, 1.165) is 6.04 Å². The summed E-state index contributed by atoms with van der Waals surface area (Å²) in [5.74, 6) is 0. The van der Waals surface area contributed by atoms with Crippen molar-refractivity contribution in [2.45, 2.75) is 52.0 Å². The Labute approximate surface area is 70.6 Å². The van der Waals surface area contributed by atoms with Crippen LogP contribution in [0, 0.1) is 5.41 Å². The van der Waals surface area contributed by atoms with E-state index in [0.29, 0.717) is 5.41 Å². The average Bonchev–Trinajstić information content (AvgIpc) is 2.49. The molecule has 1 N–H and O–H groups in total. The molecule has 1 nitrogen and oxygen atoms in total. The Bertz CT molecular complexity index is 116. The van der Waals surface area contributed by atoms with Crippen LogP contribution in [0.2, 0.25) is 0 Å². The highest BCUT2D eigenvalue weighted by Gasteiger charge is 2.34. The van der Waals surface area contributed by atoms with E-state index < -0.39 is 0 Å². The van der Waals surface area contributed by atoms with Gasteiger partial charge in [-0.25, -0.2) is 0 Å². The summed E-state index contributed by atoms with van der Waals surface area (Å²) < 4.78 is 0.